The summed E-state index contributed by atoms with van der Waals surface area (Å²) in [5.74, 6) is 0. The standard InChI is InChI=1S/C56H56Br2N4/c1-53(2)49-30-20-39(34-51(49)55(5,6)59(53)9)37-14-11-16-45(32-37)61(43-26-22-41(57)23-27-43)47-18-13-19-48(36-47)62(44-28-24-42(58)25-29-44)46-17-12-15-38(33-46)40-21-31-50-52(35-40)56(7,8)60(10)54(50,3)4/h11-36H,1-10H3. The van der Waals surface area contributed by atoms with Gasteiger partial charge in [-0.15, -0.1) is 0 Å². The molecule has 0 N–H and O–H groups in total. The van der Waals surface area contributed by atoms with Gasteiger partial charge in [-0.25, -0.2) is 0 Å². The molecule has 7 aromatic carbocycles. The lowest BCUT2D eigenvalue weighted by molar-refractivity contribution is 0.0729. The van der Waals surface area contributed by atoms with Crippen LogP contribution in [0.3, 0.4) is 0 Å². The molecule has 0 unspecified atom stereocenters. The Morgan fingerprint density at radius 1 is 0.323 bits per heavy atom. The number of halogens is 2. The molecule has 0 fully saturated rings. The molecule has 314 valence electrons. The highest BCUT2D eigenvalue weighted by Crippen LogP contribution is 2.51. The quantitative estimate of drug-likeness (QED) is 0.150. The van der Waals surface area contributed by atoms with Crippen LogP contribution in [0.5, 0.6) is 0 Å². The number of anilines is 6. The fourth-order valence-corrected chi connectivity index (χ4v) is 10.7. The van der Waals surface area contributed by atoms with E-state index in [0.29, 0.717) is 0 Å². The van der Waals surface area contributed by atoms with Crippen LogP contribution in [0.1, 0.15) is 77.6 Å². The largest absolute Gasteiger partial charge is 0.310 e. The molecule has 62 heavy (non-hydrogen) atoms. The third-order valence-electron chi connectivity index (χ3n) is 14.4. The fraction of sp³-hybridized carbons (Fsp3) is 0.250. The topological polar surface area (TPSA) is 13.0 Å². The van der Waals surface area contributed by atoms with Crippen molar-refractivity contribution < 1.29 is 0 Å². The van der Waals surface area contributed by atoms with E-state index in [-0.39, 0.29) is 22.2 Å². The lowest BCUT2D eigenvalue weighted by Gasteiger charge is -2.37. The summed E-state index contributed by atoms with van der Waals surface area (Å²) in [4.78, 5) is 9.73. The van der Waals surface area contributed by atoms with E-state index in [1.165, 1.54) is 44.5 Å². The minimum absolute atomic E-state index is 0.0401. The number of hydrogen-bond acceptors (Lipinski definition) is 4. The van der Waals surface area contributed by atoms with Gasteiger partial charge >= 0.3 is 0 Å². The van der Waals surface area contributed by atoms with Gasteiger partial charge in [0, 0.05) is 65.2 Å². The summed E-state index contributed by atoms with van der Waals surface area (Å²) in [5, 5.41) is 0. The highest BCUT2D eigenvalue weighted by molar-refractivity contribution is 9.10. The summed E-state index contributed by atoms with van der Waals surface area (Å²) in [6, 6.07) is 58.2. The van der Waals surface area contributed by atoms with Crippen molar-refractivity contribution in [3.8, 4) is 22.3 Å². The second-order valence-electron chi connectivity index (χ2n) is 19.1. The summed E-state index contributed by atoms with van der Waals surface area (Å²) in [6.45, 7) is 18.7. The molecule has 0 aliphatic carbocycles. The normalized spacial score (nSPS) is 17.1. The molecule has 0 spiro atoms. The summed E-state index contributed by atoms with van der Waals surface area (Å²) >= 11 is 7.40. The first-order valence-electron chi connectivity index (χ1n) is 21.6. The van der Waals surface area contributed by atoms with Gasteiger partial charge in [-0.1, -0.05) is 86.5 Å². The summed E-state index contributed by atoms with van der Waals surface area (Å²) < 4.78 is 2.09. The van der Waals surface area contributed by atoms with E-state index in [9.17, 15) is 0 Å². The Balaban J connectivity index is 1.15. The molecule has 0 saturated carbocycles. The summed E-state index contributed by atoms with van der Waals surface area (Å²) in [7, 11) is 4.49. The van der Waals surface area contributed by atoms with Gasteiger partial charge in [-0.05, 0) is 217 Å². The number of nitrogens with zero attached hydrogens (tertiary/aromatic N) is 4. The average molecular weight is 945 g/mol. The first-order chi connectivity index (χ1) is 29.4. The second-order valence-corrected chi connectivity index (χ2v) is 21.0. The maximum atomic E-state index is 3.70. The van der Waals surface area contributed by atoms with Gasteiger partial charge in [0.15, 0.2) is 0 Å². The fourth-order valence-electron chi connectivity index (χ4n) is 10.1. The first kappa shape index (κ1) is 42.3. The molecule has 0 atom stereocenters. The summed E-state index contributed by atoms with van der Waals surface area (Å²) in [5.41, 5.74) is 16.6. The minimum Gasteiger partial charge on any atom is -0.310 e. The third-order valence-corrected chi connectivity index (χ3v) is 15.5. The molecule has 0 saturated heterocycles. The van der Waals surface area contributed by atoms with Gasteiger partial charge in [0.05, 0.1) is 0 Å². The van der Waals surface area contributed by atoms with Crippen molar-refractivity contribution >= 4 is 66.0 Å². The Kier molecular flexibility index (Phi) is 10.5. The Bertz CT molecular complexity index is 2630. The highest BCUT2D eigenvalue weighted by Gasteiger charge is 2.47. The Morgan fingerprint density at radius 2 is 0.629 bits per heavy atom. The van der Waals surface area contributed by atoms with E-state index in [0.717, 1.165) is 43.1 Å². The second kappa shape index (κ2) is 15.4. The molecule has 6 heteroatoms. The Morgan fingerprint density at radius 3 is 1.00 bits per heavy atom. The zero-order valence-electron chi connectivity index (χ0n) is 37.6. The maximum absolute atomic E-state index is 3.70. The van der Waals surface area contributed by atoms with Crippen molar-refractivity contribution in [1.82, 2.24) is 9.80 Å². The minimum atomic E-state index is -0.0805. The molecule has 2 aliphatic heterocycles. The van der Waals surface area contributed by atoms with Crippen molar-refractivity contribution in [1.29, 1.82) is 0 Å². The van der Waals surface area contributed by atoms with Crippen LogP contribution in [0, 0.1) is 0 Å². The summed E-state index contributed by atoms with van der Waals surface area (Å²) in [6.07, 6.45) is 0. The van der Waals surface area contributed by atoms with Crippen LogP contribution in [-0.2, 0) is 22.2 Å². The van der Waals surface area contributed by atoms with E-state index in [1.54, 1.807) is 0 Å². The zero-order valence-corrected chi connectivity index (χ0v) is 40.7. The van der Waals surface area contributed by atoms with Crippen molar-refractivity contribution in [2.24, 2.45) is 0 Å². The lowest BCUT2D eigenvalue weighted by Crippen LogP contribution is -2.42. The third kappa shape index (κ3) is 7.04. The van der Waals surface area contributed by atoms with Gasteiger partial charge < -0.3 is 9.80 Å². The number of rotatable bonds is 8. The lowest BCUT2D eigenvalue weighted by atomic mass is 9.88. The van der Waals surface area contributed by atoms with E-state index in [4.69, 9.17) is 0 Å². The van der Waals surface area contributed by atoms with E-state index < -0.39 is 0 Å². The van der Waals surface area contributed by atoms with Crippen LogP contribution in [0.15, 0.2) is 167 Å². The van der Waals surface area contributed by atoms with Crippen molar-refractivity contribution in [3.05, 3.63) is 189 Å². The molecular weight excluding hydrogens is 888 g/mol. The number of fused-ring (bicyclic) bond motifs is 2. The van der Waals surface area contributed by atoms with Gasteiger partial charge in [-0.3, -0.25) is 9.80 Å². The van der Waals surface area contributed by atoms with Crippen LogP contribution >= 0.6 is 31.9 Å². The molecule has 4 nitrogen and oxygen atoms in total. The van der Waals surface area contributed by atoms with Crippen LogP contribution in [0.25, 0.3) is 22.3 Å². The molecule has 0 amide bonds. The van der Waals surface area contributed by atoms with E-state index in [1.807, 2.05) is 0 Å². The van der Waals surface area contributed by atoms with Gasteiger partial charge in [0.1, 0.15) is 0 Å². The molecule has 0 radical (unpaired) electrons. The van der Waals surface area contributed by atoms with Crippen molar-refractivity contribution in [2.75, 3.05) is 23.9 Å². The van der Waals surface area contributed by atoms with Crippen LogP contribution in [-0.4, -0.2) is 23.9 Å². The van der Waals surface area contributed by atoms with Crippen LogP contribution in [0.2, 0.25) is 0 Å². The monoisotopic (exact) mass is 942 g/mol. The molecular formula is C56H56Br2N4. The van der Waals surface area contributed by atoms with Crippen LogP contribution in [0.4, 0.5) is 34.1 Å². The van der Waals surface area contributed by atoms with Gasteiger partial charge in [-0.2, -0.15) is 0 Å². The maximum Gasteiger partial charge on any atom is 0.0482 e. The molecule has 0 aromatic heterocycles. The molecule has 0 bridgehead atoms. The Labute approximate surface area is 386 Å². The van der Waals surface area contributed by atoms with Gasteiger partial charge in [0.25, 0.3) is 0 Å². The van der Waals surface area contributed by atoms with E-state index >= 15 is 0 Å². The highest BCUT2D eigenvalue weighted by atomic mass is 79.9. The van der Waals surface area contributed by atoms with Crippen LogP contribution < -0.4 is 9.80 Å². The predicted molar refractivity (Wildman–Crippen MR) is 270 cm³/mol. The first-order valence-corrected chi connectivity index (χ1v) is 23.2. The van der Waals surface area contributed by atoms with E-state index in [2.05, 4.69) is 279 Å². The van der Waals surface area contributed by atoms with Crippen molar-refractivity contribution in [2.45, 2.75) is 77.5 Å². The van der Waals surface area contributed by atoms with Gasteiger partial charge in [0.2, 0.25) is 0 Å². The number of hydrogen-bond donors (Lipinski definition) is 0. The smallest absolute Gasteiger partial charge is 0.0482 e. The zero-order chi connectivity index (χ0) is 43.9. The number of benzene rings is 7. The van der Waals surface area contributed by atoms with Crippen molar-refractivity contribution in [3.63, 3.8) is 0 Å². The predicted octanol–water partition coefficient (Wildman–Crippen LogP) is 16.3. The average Bonchev–Trinajstić information content (AvgIpc) is 3.49. The molecule has 7 aromatic rings. The Hall–Kier alpha value is -4.98. The SMILES string of the molecule is CN1C(C)(C)c2ccc(-c3cccc(N(c4ccc(Br)cc4)c4cccc(N(c5ccc(Br)cc5)c5cccc(-c6ccc7c(c6)C(C)(C)N(C)C7(C)C)c5)c4)c3)cc2C1(C)C. The molecule has 9 rings (SSSR count). The molecule has 2 aliphatic rings. The molecule has 2 heterocycles.